The lowest BCUT2D eigenvalue weighted by Crippen LogP contribution is -2.31. The lowest BCUT2D eigenvalue weighted by molar-refractivity contribution is -0.137. The summed E-state index contributed by atoms with van der Waals surface area (Å²) in [5.41, 5.74) is -0.0658. The molecule has 0 aliphatic carbocycles. The third-order valence-corrected chi connectivity index (χ3v) is 3.60. The molecule has 1 aliphatic heterocycles. The maximum absolute atomic E-state index is 12.9. The predicted octanol–water partition coefficient (Wildman–Crippen LogP) is 4.65. The first kappa shape index (κ1) is 17.4. The molecule has 4 nitrogen and oxygen atoms in total. The van der Waals surface area contributed by atoms with Gasteiger partial charge in [0.2, 0.25) is 0 Å². The van der Waals surface area contributed by atoms with Gasteiger partial charge in [-0.05, 0) is 51.3 Å². The molecule has 0 spiro atoms. The number of halogens is 3. The molecule has 23 heavy (non-hydrogen) atoms. The molecule has 1 saturated heterocycles. The molecule has 1 aromatic carbocycles. The van der Waals surface area contributed by atoms with Crippen molar-refractivity contribution < 1.29 is 22.7 Å². The quantitative estimate of drug-likeness (QED) is 0.877. The molecule has 0 bridgehead atoms. The molecule has 7 heteroatoms. The SMILES string of the molecule is CC(C)OC(=O)Nc1cc(C(F)(F)F)ccc1N1CCCCC1. The highest BCUT2D eigenvalue weighted by Gasteiger charge is 2.32. The van der Waals surface area contributed by atoms with E-state index in [4.69, 9.17) is 4.74 Å². The van der Waals surface area contributed by atoms with E-state index in [1.54, 1.807) is 13.8 Å². The molecule has 0 unspecified atom stereocenters. The normalized spacial score (nSPS) is 15.7. The fourth-order valence-electron chi connectivity index (χ4n) is 2.58. The number of amides is 1. The molecule has 1 fully saturated rings. The summed E-state index contributed by atoms with van der Waals surface area (Å²) in [7, 11) is 0. The van der Waals surface area contributed by atoms with Crippen molar-refractivity contribution >= 4 is 17.5 Å². The van der Waals surface area contributed by atoms with Crippen LogP contribution < -0.4 is 10.2 Å². The van der Waals surface area contributed by atoms with Crippen LogP contribution in [0.5, 0.6) is 0 Å². The summed E-state index contributed by atoms with van der Waals surface area (Å²) in [4.78, 5) is 13.8. The van der Waals surface area contributed by atoms with Crippen LogP contribution in [0.3, 0.4) is 0 Å². The first-order valence-electron chi connectivity index (χ1n) is 7.71. The van der Waals surface area contributed by atoms with Crippen molar-refractivity contribution in [2.45, 2.75) is 45.4 Å². The number of hydrogen-bond donors (Lipinski definition) is 1. The monoisotopic (exact) mass is 330 g/mol. The third kappa shape index (κ3) is 4.77. The van der Waals surface area contributed by atoms with E-state index < -0.39 is 17.8 Å². The van der Waals surface area contributed by atoms with E-state index in [1.165, 1.54) is 6.07 Å². The number of alkyl halides is 3. The number of carbonyl (C=O) groups excluding carboxylic acids is 1. The van der Waals surface area contributed by atoms with Crippen molar-refractivity contribution in [3.05, 3.63) is 23.8 Å². The number of piperidine rings is 1. The molecule has 1 heterocycles. The number of hydrogen-bond acceptors (Lipinski definition) is 3. The van der Waals surface area contributed by atoms with Crippen LogP contribution in [0.15, 0.2) is 18.2 Å². The smallest absolute Gasteiger partial charge is 0.416 e. The second-order valence-electron chi connectivity index (χ2n) is 5.86. The Morgan fingerprint density at radius 3 is 2.43 bits per heavy atom. The van der Waals surface area contributed by atoms with Crippen LogP contribution >= 0.6 is 0 Å². The number of benzene rings is 1. The van der Waals surface area contributed by atoms with E-state index in [1.807, 2.05) is 4.90 Å². The second-order valence-corrected chi connectivity index (χ2v) is 5.86. The topological polar surface area (TPSA) is 41.6 Å². The Labute approximate surface area is 133 Å². The van der Waals surface area contributed by atoms with Crippen molar-refractivity contribution in [3.8, 4) is 0 Å². The largest absolute Gasteiger partial charge is 0.447 e. The van der Waals surface area contributed by atoms with Crippen molar-refractivity contribution in [2.24, 2.45) is 0 Å². The molecule has 0 atom stereocenters. The summed E-state index contributed by atoms with van der Waals surface area (Å²) < 4.78 is 43.8. The fourth-order valence-corrected chi connectivity index (χ4v) is 2.58. The van der Waals surface area contributed by atoms with Crippen LogP contribution in [-0.2, 0) is 10.9 Å². The Morgan fingerprint density at radius 1 is 1.22 bits per heavy atom. The number of ether oxygens (including phenoxy) is 1. The average Bonchev–Trinajstić information content (AvgIpc) is 2.46. The van der Waals surface area contributed by atoms with Gasteiger partial charge in [0.15, 0.2) is 0 Å². The van der Waals surface area contributed by atoms with E-state index in [0.717, 1.165) is 44.5 Å². The Kier molecular flexibility index (Phi) is 5.38. The van der Waals surface area contributed by atoms with Gasteiger partial charge in [-0.3, -0.25) is 5.32 Å². The molecule has 1 amide bonds. The molecule has 1 N–H and O–H groups in total. The third-order valence-electron chi connectivity index (χ3n) is 3.60. The second kappa shape index (κ2) is 7.10. The highest BCUT2D eigenvalue weighted by atomic mass is 19.4. The number of nitrogens with zero attached hydrogens (tertiary/aromatic N) is 1. The van der Waals surface area contributed by atoms with Gasteiger partial charge in [0.1, 0.15) is 0 Å². The summed E-state index contributed by atoms with van der Waals surface area (Å²) in [5, 5.41) is 2.45. The van der Waals surface area contributed by atoms with Gasteiger partial charge in [-0.1, -0.05) is 0 Å². The van der Waals surface area contributed by atoms with Gasteiger partial charge in [0.25, 0.3) is 0 Å². The van der Waals surface area contributed by atoms with Gasteiger partial charge >= 0.3 is 12.3 Å². The van der Waals surface area contributed by atoms with Gasteiger partial charge in [0, 0.05) is 13.1 Å². The van der Waals surface area contributed by atoms with Crippen molar-refractivity contribution in [1.82, 2.24) is 0 Å². The van der Waals surface area contributed by atoms with E-state index >= 15 is 0 Å². The molecule has 1 aromatic rings. The molecule has 0 radical (unpaired) electrons. The number of rotatable bonds is 3. The molecule has 2 rings (SSSR count). The minimum absolute atomic E-state index is 0.132. The Balaban J connectivity index is 2.30. The number of carbonyl (C=O) groups is 1. The summed E-state index contributed by atoms with van der Waals surface area (Å²) in [6, 6.07) is 3.42. The molecule has 1 aliphatic rings. The van der Waals surface area contributed by atoms with Gasteiger partial charge < -0.3 is 9.64 Å². The van der Waals surface area contributed by atoms with E-state index in [2.05, 4.69) is 5.32 Å². The minimum Gasteiger partial charge on any atom is -0.447 e. The fraction of sp³-hybridized carbons (Fsp3) is 0.562. The summed E-state index contributed by atoms with van der Waals surface area (Å²) in [5.74, 6) is 0. The molecular weight excluding hydrogens is 309 g/mol. The first-order valence-corrected chi connectivity index (χ1v) is 7.71. The number of anilines is 2. The molecule has 0 aromatic heterocycles. The van der Waals surface area contributed by atoms with Crippen LogP contribution in [0.1, 0.15) is 38.7 Å². The van der Waals surface area contributed by atoms with Gasteiger partial charge in [-0.2, -0.15) is 13.2 Å². The first-order chi connectivity index (χ1) is 10.8. The standard InChI is InChI=1S/C16H21F3N2O2/c1-11(2)23-15(22)20-13-10-12(16(17,18)19)6-7-14(13)21-8-4-3-5-9-21/h6-7,10-11H,3-5,8-9H2,1-2H3,(H,20,22). The van der Waals surface area contributed by atoms with Crippen LogP contribution in [0.4, 0.5) is 29.3 Å². The van der Waals surface area contributed by atoms with Crippen molar-refractivity contribution in [3.63, 3.8) is 0 Å². The maximum atomic E-state index is 12.9. The number of nitrogens with one attached hydrogen (secondary N) is 1. The Hall–Kier alpha value is -1.92. The van der Waals surface area contributed by atoms with Crippen molar-refractivity contribution in [1.29, 1.82) is 0 Å². The molecular formula is C16H21F3N2O2. The summed E-state index contributed by atoms with van der Waals surface area (Å²) in [6.45, 7) is 4.88. The van der Waals surface area contributed by atoms with E-state index in [0.29, 0.717) is 5.69 Å². The van der Waals surface area contributed by atoms with Gasteiger partial charge in [-0.15, -0.1) is 0 Å². The summed E-state index contributed by atoms with van der Waals surface area (Å²) in [6.07, 6.45) is -2.49. The zero-order valence-corrected chi connectivity index (χ0v) is 13.2. The van der Waals surface area contributed by atoms with Gasteiger partial charge in [-0.25, -0.2) is 4.79 Å². The Morgan fingerprint density at radius 2 is 1.87 bits per heavy atom. The van der Waals surface area contributed by atoms with Crippen molar-refractivity contribution in [2.75, 3.05) is 23.3 Å². The Bertz CT molecular complexity index is 553. The van der Waals surface area contributed by atoms with Gasteiger partial charge in [0.05, 0.1) is 23.0 Å². The zero-order valence-electron chi connectivity index (χ0n) is 13.2. The molecule has 128 valence electrons. The average molecular weight is 330 g/mol. The van der Waals surface area contributed by atoms with Crippen LogP contribution in [0.2, 0.25) is 0 Å². The highest BCUT2D eigenvalue weighted by Crippen LogP contribution is 2.36. The lowest BCUT2D eigenvalue weighted by atomic mass is 10.1. The maximum Gasteiger partial charge on any atom is 0.416 e. The van der Waals surface area contributed by atoms with Crippen LogP contribution in [0, 0.1) is 0 Å². The van der Waals surface area contributed by atoms with E-state index in [-0.39, 0.29) is 11.8 Å². The predicted molar refractivity (Wildman–Crippen MR) is 82.7 cm³/mol. The zero-order chi connectivity index (χ0) is 17.0. The van der Waals surface area contributed by atoms with Crippen LogP contribution in [0.25, 0.3) is 0 Å². The van der Waals surface area contributed by atoms with Crippen LogP contribution in [-0.4, -0.2) is 25.3 Å². The molecule has 0 saturated carbocycles. The minimum atomic E-state index is -4.46. The summed E-state index contributed by atoms with van der Waals surface area (Å²) >= 11 is 0. The van der Waals surface area contributed by atoms with E-state index in [9.17, 15) is 18.0 Å². The highest BCUT2D eigenvalue weighted by molar-refractivity contribution is 5.90. The lowest BCUT2D eigenvalue weighted by Gasteiger charge is -2.31.